The molecular weight excluding hydrogens is 372 g/mol. The highest BCUT2D eigenvalue weighted by molar-refractivity contribution is 7.09. The van der Waals surface area contributed by atoms with Crippen molar-refractivity contribution in [3.8, 4) is 11.3 Å². The fourth-order valence-corrected chi connectivity index (χ4v) is 3.40. The van der Waals surface area contributed by atoms with E-state index in [2.05, 4.69) is 20.9 Å². The minimum Gasteiger partial charge on any atom is -0.335 e. The Morgan fingerprint density at radius 3 is 2.50 bits per heavy atom. The molecule has 1 aliphatic carbocycles. The molecule has 0 radical (unpaired) electrons. The molecule has 4 rings (SSSR count). The summed E-state index contributed by atoms with van der Waals surface area (Å²) < 4.78 is 0. The molecule has 0 bridgehead atoms. The van der Waals surface area contributed by atoms with Crippen LogP contribution in [0.4, 0.5) is 16.2 Å². The predicted octanol–water partition coefficient (Wildman–Crippen LogP) is 4.65. The van der Waals surface area contributed by atoms with E-state index in [1.165, 1.54) is 0 Å². The Morgan fingerprint density at radius 2 is 1.79 bits per heavy atom. The Kier molecular flexibility index (Phi) is 5.08. The van der Waals surface area contributed by atoms with Gasteiger partial charge in [-0.3, -0.25) is 4.79 Å². The maximum atomic E-state index is 12.6. The van der Waals surface area contributed by atoms with E-state index >= 15 is 0 Å². The summed E-state index contributed by atoms with van der Waals surface area (Å²) in [6, 6.07) is 14.5. The normalized spacial score (nSPS) is 13.0. The molecule has 142 valence electrons. The fraction of sp³-hybridized carbons (Fsp3) is 0.190. The van der Waals surface area contributed by atoms with Gasteiger partial charge in [-0.25, -0.2) is 9.78 Å². The number of hydrogen-bond acceptors (Lipinski definition) is 4. The van der Waals surface area contributed by atoms with E-state index < -0.39 is 0 Å². The molecule has 1 aromatic heterocycles. The summed E-state index contributed by atoms with van der Waals surface area (Å²) in [5.41, 5.74) is 3.59. The third kappa shape index (κ3) is 4.55. The standard InChI is InChI=1S/C21H20N4O2S/c1-13-22-19(12-28-13)14-4-2-6-17(10-14)23-20(26)15-5-3-7-18(11-15)25-21(27)24-16-8-9-16/h2-7,10-12,16H,8-9H2,1H3,(H,23,26)(H2,24,25,27). The van der Waals surface area contributed by atoms with Gasteiger partial charge in [0.15, 0.2) is 0 Å². The molecule has 7 heteroatoms. The molecule has 3 N–H and O–H groups in total. The van der Waals surface area contributed by atoms with Crippen molar-refractivity contribution < 1.29 is 9.59 Å². The van der Waals surface area contributed by atoms with Gasteiger partial charge < -0.3 is 16.0 Å². The molecule has 1 heterocycles. The third-order valence-corrected chi connectivity index (χ3v) is 5.10. The number of aromatic nitrogens is 1. The van der Waals surface area contributed by atoms with Crippen LogP contribution in [0.2, 0.25) is 0 Å². The van der Waals surface area contributed by atoms with Crippen molar-refractivity contribution in [3.63, 3.8) is 0 Å². The molecular formula is C21H20N4O2S. The van der Waals surface area contributed by atoms with Gasteiger partial charge in [-0.15, -0.1) is 11.3 Å². The van der Waals surface area contributed by atoms with Crippen LogP contribution in [0, 0.1) is 6.92 Å². The molecule has 3 amide bonds. The van der Waals surface area contributed by atoms with Crippen LogP contribution in [0.5, 0.6) is 0 Å². The van der Waals surface area contributed by atoms with Crippen molar-refractivity contribution in [3.05, 3.63) is 64.5 Å². The van der Waals surface area contributed by atoms with Gasteiger partial charge in [0, 0.05) is 33.9 Å². The molecule has 3 aromatic rings. The summed E-state index contributed by atoms with van der Waals surface area (Å²) in [4.78, 5) is 29.0. The molecule has 0 aliphatic heterocycles. The van der Waals surface area contributed by atoms with Crippen molar-refractivity contribution >= 4 is 34.6 Å². The van der Waals surface area contributed by atoms with Gasteiger partial charge in [0.1, 0.15) is 0 Å². The quantitative estimate of drug-likeness (QED) is 0.591. The lowest BCUT2D eigenvalue weighted by atomic mass is 10.1. The maximum Gasteiger partial charge on any atom is 0.319 e. The number of anilines is 2. The topological polar surface area (TPSA) is 83.1 Å². The second kappa shape index (κ2) is 7.82. The number of carbonyl (C=O) groups is 2. The Morgan fingerprint density at radius 1 is 1.04 bits per heavy atom. The number of benzene rings is 2. The Hall–Kier alpha value is -3.19. The van der Waals surface area contributed by atoms with Crippen LogP contribution in [0.3, 0.4) is 0 Å². The largest absolute Gasteiger partial charge is 0.335 e. The summed E-state index contributed by atoms with van der Waals surface area (Å²) in [6.07, 6.45) is 2.05. The molecule has 2 aromatic carbocycles. The van der Waals surface area contributed by atoms with Gasteiger partial charge in [0.2, 0.25) is 0 Å². The molecule has 1 aliphatic rings. The van der Waals surface area contributed by atoms with E-state index in [0.717, 1.165) is 29.1 Å². The molecule has 6 nitrogen and oxygen atoms in total. The second-order valence-corrected chi connectivity index (χ2v) is 7.80. The average Bonchev–Trinajstić information content (AvgIpc) is 3.38. The number of amides is 3. The summed E-state index contributed by atoms with van der Waals surface area (Å²) in [5.74, 6) is -0.238. The molecule has 0 atom stereocenters. The van der Waals surface area contributed by atoms with Crippen LogP contribution < -0.4 is 16.0 Å². The SMILES string of the molecule is Cc1nc(-c2cccc(NC(=O)c3cccc(NC(=O)NC4CC4)c3)c2)cs1. The van der Waals surface area contributed by atoms with Gasteiger partial charge in [0.25, 0.3) is 5.91 Å². The zero-order valence-electron chi connectivity index (χ0n) is 15.4. The molecule has 0 saturated heterocycles. The number of carbonyl (C=O) groups excluding carboxylic acids is 2. The van der Waals surface area contributed by atoms with Crippen LogP contribution >= 0.6 is 11.3 Å². The number of urea groups is 1. The van der Waals surface area contributed by atoms with Crippen LogP contribution in [0.25, 0.3) is 11.3 Å². The lowest BCUT2D eigenvalue weighted by molar-refractivity contribution is 0.102. The number of aryl methyl sites for hydroxylation is 1. The summed E-state index contributed by atoms with van der Waals surface area (Å²) in [6.45, 7) is 1.96. The molecule has 1 fully saturated rings. The highest BCUT2D eigenvalue weighted by Gasteiger charge is 2.23. The average molecular weight is 392 g/mol. The van der Waals surface area contributed by atoms with Crippen LogP contribution in [0.1, 0.15) is 28.2 Å². The minimum absolute atomic E-state index is 0.238. The van der Waals surface area contributed by atoms with Crippen molar-refractivity contribution in [1.82, 2.24) is 10.3 Å². The van der Waals surface area contributed by atoms with Crippen molar-refractivity contribution in [1.29, 1.82) is 0 Å². The maximum absolute atomic E-state index is 12.6. The molecule has 0 unspecified atom stereocenters. The van der Waals surface area contributed by atoms with E-state index in [4.69, 9.17) is 0 Å². The Bertz CT molecular complexity index is 1030. The Labute approximate surface area is 167 Å². The number of thiazole rings is 1. The zero-order valence-corrected chi connectivity index (χ0v) is 16.2. The number of rotatable bonds is 5. The fourth-order valence-electron chi connectivity index (χ4n) is 2.77. The van der Waals surface area contributed by atoms with Crippen molar-refractivity contribution in [2.45, 2.75) is 25.8 Å². The van der Waals surface area contributed by atoms with E-state index in [9.17, 15) is 9.59 Å². The van der Waals surface area contributed by atoms with Crippen LogP contribution in [0.15, 0.2) is 53.9 Å². The first-order chi connectivity index (χ1) is 13.6. The monoisotopic (exact) mass is 392 g/mol. The first kappa shape index (κ1) is 18.2. The van der Waals surface area contributed by atoms with Gasteiger partial charge in [-0.1, -0.05) is 18.2 Å². The highest BCUT2D eigenvalue weighted by atomic mass is 32.1. The summed E-state index contributed by atoms with van der Waals surface area (Å²) in [5, 5.41) is 11.5. The van der Waals surface area contributed by atoms with Gasteiger partial charge >= 0.3 is 6.03 Å². The summed E-state index contributed by atoms with van der Waals surface area (Å²) >= 11 is 1.59. The van der Waals surface area contributed by atoms with Crippen molar-refractivity contribution in [2.75, 3.05) is 10.6 Å². The number of nitrogens with one attached hydrogen (secondary N) is 3. The van der Waals surface area contributed by atoms with Crippen molar-refractivity contribution in [2.24, 2.45) is 0 Å². The Balaban J connectivity index is 1.44. The van der Waals surface area contributed by atoms with Gasteiger partial charge in [0.05, 0.1) is 10.7 Å². The highest BCUT2D eigenvalue weighted by Crippen LogP contribution is 2.24. The van der Waals surface area contributed by atoms with E-state index in [1.807, 2.05) is 36.6 Å². The lowest BCUT2D eigenvalue weighted by Crippen LogP contribution is -2.30. The molecule has 1 saturated carbocycles. The summed E-state index contributed by atoms with van der Waals surface area (Å²) in [7, 11) is 0. The second-order valence-electron chi connectivity index (χ2n) is 6.74. The van der Waals surface area contributed by atoms with Crippen LogP contribution in [-0.2, 0) is 0 Å². The number of hydrogen-bond donors (Lipinski definition) is 3. The first-order valence-corrected chi connectivity index (χ1v) is 9.96. The van der Waals surface area contributed by atoms with E-state index in [-0.39, 0.29) is 18.0 Å². The zero-order chi connectivity index (χ0) is 19.5. The minimum atomic E-state index is -0.244. The molecule has 0 spiro atoms. The van der Waals surface area contributed by atoms with Crippen LogP contribution in [-0.4, -0.2) is 23.0 Å². The predicted molar refractivity (Wildman–Crippen MR) is 112 cm³/mol. The van der Waals surface area contributed by atoms with E-state index in [1.54, 1.807) is 35.6 Å². The smallest absolute Gasteiger partial charge is 0.319 e. The lowest BCUT2D eigenvalue weighted by Gasteiger charge is -2.10. The van der Waals surface area contributed by atoms with Gasteiger partial charge in [-0.05, 0) is 50.1 Å². The third-order valence-electron chi connectivity index (χ3n) is 4.33. The first-order valence-electron chi connectivity index (χ1n) is 9.08. The van der Waals surface area contributed by atoms with E-state index in [0.29, 0.717) is 16.9 Å². The molecule has 28 heavy (non-hydrogen) atoms. The number of nitrogens with zero attached hydrogens (tertiary/aromatic N) is 1. The van der Waals surface area contributed by atoms with Gasteiger partial charge in [-0.2, -0.15) is 0 Å².